The van der Waals surface area contributed by atoms with Gasteiger partial charge in [0.25, 0.3) is 5.91 Å². The van der Waals surface area contributed by atoms with Crippen molar-refractivity contribution in [3.8, 4) is 0 Å². The minimum absolute atomic E-state index is 0.283. The number of hydrogen-bond donors (Lipinski definition) is 1. The number of oxazole rings is 1. The second kappa shape index (κ2) is 4.82. The van der Waals surface area contributed by atoms with Gasteiger partial charge in [0.15, 0.2) is 11.6 Å². The van der Waals surface area contributed by atoms with Gasteiger partial charge < -0.3 is 9.73 Å². The Morgan fingerprint density at radius 3 is 2.61 bits per heavy atom. The monoisotopic (exact) mass is 264 g/mol. The topological polar surface area (TPSA) is 55.1 Å². The highest BCUT2D eigenvalue weighted by molar-refractivity contribution is 6.30. The summed E-state index contributed by atoms with van der Waals surface area (Å²) in [6, 6.07) is 5.28. The molecular weight excluding hydrogens is 252 g/mol. The molecule has 0 aliphatic heterocycles. The summed E-state index contributed by atoms with van der Waals surface area (Å²) >= 11 is 5.86. The van der Waals surface area contributed by atoms with E-state index in [0.29, 0.717) is 28.1 Å². The number of halogens is 1. The van der Waals surface area contributed by atoms with E-state index in [1.54, 1.807) is 32.0 Å². The summed E-state index contributed by atoms with van der Waals surface area (Å²) in [5, 5.41) is 3.43. The van der Waals surface area contributed by atoms with Gasteiger partial charge in [-0.1, -0.05) is 11.6 Å². The molecule has 0 spiro atoms. The highest BCUT2D eigenvalue weighted by Crippen LogP contribution is 2.20. The lowest BCUT2D eigenvalue weighted by atomic mass is 10.2. The van der Waals surface area contributed by atoms with Gasteiger partial charge in [0.1, 0.15) is 5.76 Å². The van der Waals surface area contributed by atoms with E-state index in [2.05, 4.69) is 10.3 Å². The van der Waals surface area contributed by atoms with Crippen molar-refractivity contribution in [3.05, 3.63) is 46.1 Å². The number of rotatable bonds is 2. The van der Waals surface area contributed by atoms with Gasteiger partial charge in [0.2, 0.25) is 0 Å². The predicted octanol–water partition coefficient (Wildman–Crippen LogP) is 3.51. The molecule has 0 aliphatic carbocycles. The summed E-state index contributed by atoms with van der Waals surface area (Å²) in [6.07, 6.45) is 0. The van der Waals surface area contributed by atoms with Crippen LogP contribution in [0.1, 0.15) is 27.7 Å². The smallest absolute Gasteiger partial charge is 0.277 e. The van der Waals surface area contributed by atoms with Crippen LogP contribution in [0, 0.1) is 20.8 Å². The Labute approximate surface area is 110 Å². The highest BCUT2D eigenvalue weighted by Gasteiger charge is 2.16. The number of benzene rings is 1. The number of aromatic nitrogens is 1. The molecule has 0 atom stereocenters. The van der Waals surface area contributed by atoms with Crippen LogP contribution >= 0.6 is 11.6 Å². The molecule has 0 aliphatic rings. The average molecular weight is 265 g/mol. The number of amides is 1. The number of carbonyl (C=O) groups is 1. The van der Waals surface area contributed by atoms with Crippen molar-refractivity contribution < 1.29 is 9.21 Å². The fraction of sp³-hybridized carbons (Fsp3) is 0.231. The largest absolute Gasteiger partial charge is 0.445 e. The third kappa shape index (κ3) is 2.54. The van der Waals surface area contributed by atoms with Crippen LogP contribution in [0.3, 0.4) is 0 Å². The lowest BCUT2D eigenvalue weighted by Crippen LogP contribution is -2.14. The summed E-state index contributed by atoms with van der Waals surface area (Å²) in [7, 11) is 0. The number of nitrogens with zero attached hydrogens (tertiary/aromatic N) is 1. The third-order valence-electron chi connectivity index (χ3n) is 2.56. The molecular formula is C13H13ClN2O2. The Hall–Kier alpha value is -1.81. The zero-order valence-electron chi connectivity index (χ0n) is 10.4. The molecule has 1 aromatic carbocycles. The van der Waals surface area contributed by atoms with Crippen LogP contribution in [0.5, 0.6) is 0 Å². The highest BCUT2D eigenvalue weighted by atomic mass is 35.5. The van der Waals surface area contributed by atoms with Gasteiger partial charge in [-0.3, -0.25) is 4.79 Å². The normalized spacial score (nSPS) is 10.4. The van der Waals surface area contributed by atoms with Crippen molar-refractivity contribution in [2.45, 2.75) is 20.8 Å². The van der Waals surface area contributed by atoms with Crippen molar-refractivity contribution in [1.29, 1.82) is 0 Å². The fourth-order valence-electron chi connectivity index (χ4n) is 1.69. The summed E-state index contributed by atoms with van der Waals surface area (Å²) in [6.45, 7) is 5.29. The van der Waals surface area contributed by atoms with Crippen LogP contribution < -0.4 is 5.32 Å². The summed E-state index contributed by atoms with van der Waals surface area (Å²) in [4.78, 5) is 16.1. The molecule has 0 fully saturated rings. The molecule has 1 amide bonds. The van der Waals surface area contributed by atoms with E-state index in [-0.39, 0.29) is 5.91 Å². The number of hydrogen-bond acceptors (Lipinski definition) is 3. The number of anilines is 1. The van der Waals surface area contributed by atoms with E-state index >= 15 is 0 Å². The molecule has 94 valence electrons. The molecule has 2 rings (SSSR count). The maximum Gasteiger partial charge on any atom is 0.277 e. The lowest BCUT2D eigenvalue weighted by molar-refractivity contribution is 0.102. The maximum atomic E-state index is 12.0. The molecule has 4 nitrogen and oxygen atoms in total. The molecule has 18 heavy (non-hydrogen) atoms. The summed E-state index contributed by atoms with van der Waals surface area (Å²) in [5.41, 5.74) is 1.92. The fourth-order valence-corrected chi connectivity index (χ4v) is 1.92. The molecule has 1 aromatic heterocycles. The van der Waals surface area contributed by atoms with Crippen LogP contribution in [-0.2, 0) is 0 Å². The Bertz CT molecular complexity index is 605. The predicted molar refractivity (Wildman–Crippen MR) is 70.1 cm³/mol. The number of carbonyl (C=O) groups excluding carboxylic acids is 1. The SMILES string of the molecule is Cc1nc(C(=O)Nc2ccc(Cl)cc2C)c(C)o1. The molecule has 5 heteroatoms. The van der Waals surface area contributed by atoms with Crippen molar-refractivity contribution >= 4 is 23.2 Å². The van der Waals surface area contributed by atoms with E-state index in [1.165, 1.54) is 0 Å². The Morgan fingerprint density at radius 1 is 1.33 bits per heavy atom. The van der Waals surface area contributed by atoms with Crippen LogP contribution in [0.2, 0.25) is 5.02 Å². The van der Waals surface area contributed by atoms with Gasteiger partial charge >= 0.3 is 0 Å². The zero-order valence-corrected chi connectivity index (χ0v) is 11.1. The minimum atomic E-state index is -0.283. The molecule has 0 bridgehead atoms. The van der Waals surface area contributed by atoms with E-state index in [0.717, 1.165) is 5.56 Å². The molecule has 0 saturated heterocycles. The standard InChI is InChI=1S/C13H13ClN2O2/c1-7-6-10(14)4-5-11(7)16-13(17)12-8(2)18-9(3)15-12/h4-6H,1-3H3,(H,16,17). The van der Waals surface area contributed by atoms with Crippen LogP contribution in [0.25, 0.3) is 0 Å². The van der Waals surface area contributed by atoms with Crippen molar-refractivity contribution in [2.24, 2.45) is 0 Å². The lowest BCUT2D eigenvalue weighted by Gasteiger charge is -2.07. The third-order valence-corrected chi connectivity index (χ3v) is 2.79. The van der Waals surface area contributed by atoms with Gasteiger partial charge in [-0.05, 0) is 37.6 Å². The van der Waals surface area contributed by atoms with Crippen LogP contribution in [-0.4, -0.2) is 10.9 Å². The van der Waals surface area contributed by atoms with Crippen molar-refractivity contribution in [3.63, 3.8) is 0 Å². The van der Waals surface area contributed by atoms with E-state index in [1.807, 2.05) is 6.92 Å². The van der Waals surface area contributed by atoms with Gasteiger partial charge in [-0.2, -0.15) is 0 Å². The Balaban J connectivity index is 2.24. The van der Waals surface area contributed by atoms with Crippen molar-refractivity contribution in [1.82, 2.24) is 4.98 Å². The Morgan fingerprint density at radius 2 is 2.06 bits per heavy atom. The first-order valence-electron chi connectivity index (χ1n) is 5.49. The average Bonchev–Trinajstić information content (AvgIpc) is 2.62. The Kier molecular flexibility index (Phi) is 3.39. The maximum absolute atomic E-state index is 12.0. The second-order valence-electron chi connectivity index (χ2n) is 4.05. The number of aryl methyl sites for hydroxylation is 3. The van der Waals surface area contributed by atoms with Gasteiger partial charge in [0.05, 0.1) is 0 Å². The van der Waals surface area contributed by atoms with Gasteiger partial charge in [-0.15, -0.1) is 0 Å². The summed E-state index contributed by atoms with van der Waals surface area (Å²) in [5.74, 6) is 0.705. The van der Waals surface area contributed by atoms with Gasteiger partial charge in [-0.25, -0.2) is 4.98 Å². The first-order chi connectivity index (χ1) is 8.47. The molecule has 0 unspecified atom stereocenters. The second-order valence-corrected chi connectivity index (χ2v) is 4.49. The quantitative estimate of drug-likeness (QED) is 0.903. The molecule has 0 saturated carbocycles. The van der Waals surface area contributed by atoms with Crippen molar-refractivity contribution in [2.75, 3.05) is 5.32 Å². The molecule has 0 radical (unpaired) electrons. The van der Waals surface area contributed by atoms with E-state index in [4.69, 9.17) is 16.0 Å². The van der Waals surface area contributed by atoms with E-state index < -0.39 is 0 Å². The van der Waals surface area contributed by atoms with Crippen LogP contribution in [0.15, 0.2) is 22.6 Å². The first-order valence-corrected chi connectivity index (χ1v) is 5.86. The molecule has 2 aromatic rings. The minimum Gasteiger partial charge on any atom is -0.445 e. The molecule has 1 N–H and O–H groups in total. The molecule has 1 heterocycles. The van der Waals surface area contributed by atoms with Crippen LogP contribution in [0.4, 0.5) is 5.69 Å². The summed E-state index contributed by atoms with van der Waals surface area (Å²) < 4.78 is 5.23. The zero-order chi connectivity index (χ0) is 13.3. The first kappa shape index (κ1) is 12.6. The number of nitrogens with one attached hydrogen (secondary N) is 1. The van der Waals surface area contributed by atoms with Gasteiger partial charge in [0, 0.05) is 17.6 Å². The van der Waals surface area contributed by atoms with E-state index in [9.17, 15) is 4.79 Å².